The lowest BCUT2D eigenvalue weighted by atomic mass is 10.1. The average molecular weight is 273 g/mol. The van der Waals surface area contributed by atoms with Crippen LogP contribution in [0.4, 0.5) is 0 Å². The van der Waals surface area contributed by atoms with Crippen molar-refractivity contribution in [2.45, 2.75) is 39.8 Å². The molecule has 0 fully saturated rings. The first kappa shape index (κ1) is 14.2. The summed E-state index contributed by atoms with van der Waals surface area (Å²) in [6.45, 7) is 6.25. The van der Waals surface area contributed by atoms with Gasteiger partial charge in [0.2, 0.25) is 0 Å². The quantitative estimate of drug-likeness (QED) is 0.926. The smallest absolute Gasteiger partial charge is 0.265 e. The number of amides is 1. The molecule has 0 saturated heterocycles. The minimum Gasteiger partial charge on any atom is -0.349 e. The Balaban J connectivity index is 2.57. The lowest BCUT2D eigenvalue weighted by Crippen LogP contribution is -2.37. The van der Waals surface area contributed by atoms with E-state index in [-0.39, 0.29) is 23.1 Å². The fraction of sp³-hybridized carbons (Fsp3) is 0.400. The van der Waals surface area contributed by atoms with Gasteiger partial charge in [0.1, 0.15) is 11.2 Å². The summed E-state index contributed by atoms with van der Waals surface area (Å²) in [7, 11) is 0. The number of nitrogens with one attached hydrogen (secondary N) is 1. The fourth-order valence-electron chi connectivity index (χ4n) is 2.07. The number of aromatic nitrogens is 2. The Labute approximate surface area is 117 Å². The highest BCUT2D eigenvalue weighted by atomic mass is 16.2. The summed E-state index contributed by atoms with van der Waals surface area (Å²) in [5.41, 5.74) is 0.493. The van der Waals surface area contributed by atoms with Crippen LogP contribution < -0.4 is 10.9 Å². The molecule has 2 aromatic rings. The molecule has 0 unspecified atom stereocenters. The molecule has 5 heteroatoms. The van der Waals surface area contributed by atoms with Crippen LogP contribution in [0.15, 0.2) is 29.2 Å². The van der Waals surface area contributed by atoms with Crippen LogP contribution in [0.2, 0.25) is 0 Å². The fourth-order valence-corrected chi connectivity index (χ4v) is 2.07. The summed E-state index contributed by atoms with van der Waals surface area (Å²) in [6, 6.07) is 5.31. The molecule has 1 atom stereocenters. The van der Waals surface area contributed by atoms with Crippen molar-refractivity contribution in [1.82, 2.24) is 14.9 Å². The molecule has 1 amide bonds. The number of aryl methyl sites for hydroxylation is 1. The van der Waals surface area contributed by atoms with Gasteiger partial charge in [0, 0.05) is 24.2 Å². The van der Waals surface area contributed by atoms with Crippen LogP contribution >= 0.6 is 0 Å². The Hall–Kier alpha value is -2.17. The summed E-state index contributed by atoms with van der Waals surface area (Å²) in [4.78, 5) is 28.8. The van der Waals surface area contributed by atoms with Gasteiger partial charge in [-0.15, -0.1) is 0 Å². The van der Waals surface area contributed by atoms with E-state index in [0.717, 1.165) is 11.8 Å². The second-order valence-corrected chi connectivity index (χ2v) is 4.81. The predicted octanol–water partition coefficient (Wildman–Crippen LogP) is 1.94. The van der Waals surface area contributed by atoms with E-state index in [1.807, 2.05) is 26.8 Å². The standard InChI is InChI=1S/C15H19N3O2/c1-4-10(3)17-14(19)12-9-11-7-6-8-16-13(11)18(5-2)15(12)20/h6-10H,4-5H2,1-3H3,(H,17,19)/t10-/m0/s1. The van der Waals surface area contributed by atoms with E-state index < -0.39 is 0 Å². The van der Waals surface area contributed by atoms with E-state index in [1.54, 1.807) is 18.3 Å². The van der Waals surface area contributed by atoms with E-state index in [0.29, 0.717) is 12.2 Å². The molecule has 2 heterocycles. The van der Waals surface area contributed by atoms with Crippen LogP contribution in [-0.4, -0.2) is 21.5 Å². The maximum absolute atomic E-state index is 12.4. The highest BCUT2D eigenvalue weighted by molar-refractivity contribution is 5.97. The number of hydrogen-bond acceptors (Lipinski definition) is 3. The summed E-state index contributed by atoms with van der Waals surface area (Å²) in [5, 5.41) is 3.62. The number of nitrogens with zero attached hydrogens (tertiary/aromatic N) is 2. The first-order valence-electron chi connectivity index (χ1n) is 6.87. The maximum Gasteiger partial charge on any atom is 0.265 e. The van der Waals surface area contributed by atoms with Gasteiger partial charge >= 0.3 is 0 Å². The largest absolute Gasteiger partial charge is 0.349 e. The second-order valence-electron chi connectivity index (χ2n) is 4.81. The van der Waals surface area contributed by atoms with Crippen molar-refractivity contribution < 1.29 is 4.79 Å². The second kappa shape index (κ2) is 5.86. The highest BCUT2D eigenvalue weighted by Gasteiger charge is 2.16. The molecule has 20 heavy (non-hydrogen) atoms. The van der Waals surface area contributed by atoms with Crippen molar-refractivity contribution in [2.24, 2.45) is 0 Å². The zero-order valence-electron chi connectivity index (χ0n) is 12.0. The van der Waals surface area contributed by atoms with Crippen LogP contribution in [0, 0.1) is 0 Å². The van der Waals surface area contributed by atoms with Gasteiger partial charge in [-0.2, -0.15) is 0 Å². The van der Waals surface area contributed by atoms with Crippen LogP contribution in [-0.2, 0) is 6.54 Å². The first-order chi connectivity index (χ1) is 9.58. The monoisotopic (exact) mass is 273 g/mol. The van der Waals surface area contributed by atoms with Gasteiger partial charge < -0.3 is 5.32 Å². The summed E-state index contributed by atoms with van der Waals surface area (Å²) in [5.74, 6) is -0.322. The number of hydrogen-bond donors (Lipinski definition) is 1. The molecule has 0 spiro atoms. The van der Waals surface area contributed by atoms with Gasteiger partial charge in [0.15, 0.2) is 0 Å². The SMILES string of the molecule is CC[C@H](C)NC(=O)c1cc2cccnc2n(CC)c1=O. The van der Waals surface area contributed by atoms with Crippen molar-refractivity contribution >= 4 is 16.9 Å². The van der Waals surface area contributed by atoms with E-state index in [2.05, 4.69) is 10.3 Å². The zero-order chi connectivity index (χ0) is 14.7. The van der Waals surface area contributed by atoms with Crippen LogP contribution in [0.3, 0.4) is 0 Å². The third kappa shape index (κ3) is 2.57. The zero-order valence-corrected chi connectivity index (χ0v) is 12.0. The number of carbonyl (C=O) groups is 1. The predicted molar refractivity (Wildman–Crippen MR) is 78.9 cm³/mol. The third-order valence-electron chi connectivity index (χ3n) is 3.40. The molecule has 2 aromatic heterocycles. The first-order valence-corrected chi connectivity index (χ1v) is 6.87. The molecule has 106 valence electrons. The van der Waals surface area contributed by atoms with Gasteiger partial charge in [-0.25, -0.2) is 4.98 Å². The Morgan fingerprint density at radius 1 is 1.45 bits per heavy atom. The van der Waals surface area contributed by atoms with Crippen molar-refractivity contribution in [1.29, 1.82) is 0 Å². The Bertz CT molecular complexity index is 691. The molecule has 0 aromatic carbocycles. The summed E-state index contributed by atoms with van der Waals surface area (Å²) < 4.78 is 1.53. The van der Waals surface area contributed by atoms with E-state index >= 15 is 0 Å². The van der Waals surface area contributed by atoms with Crippen LogP contribution in [0.5, 0.6) is 0 Å². The van der Waals surface area contributed by atoms with Gasteiger partial charge in [0.05, 0.1) is 0 Å². The molecule has 0 aliphatic heterocycles. The molecule has 5 nitrogen and oxygen atoms in total. The molecule has 0 bridgehead atoms. The topological polar surface area (TPSA) is 64.0 Å². The molecular formula is C15H19N3O2. The van der Waals surface area contributed by atoms with Gasteiger partial charge in [0.25, 0.3) is 11.5 Å². The Kier molecular flexibility index (Phi) is 4.17. The molecule has 0 aliphatic rings. The molecule has 0 aliphatic carbocycles. The average Bonchev–Trinajstić information content (AvgIpc) is 2.46. The Morgan fingerprint density at radius 3 is 2.85 bits per heavy atom. The van der Waals surface area contributed by atoms with Crippen molar-refractivity contribution in [3.63, 3.8) is 0 Å². The molecule has 1 N–H and O–H groups in total. The number of carbonyl (C=O) groups excluding carboxylic acids is 1. The molecular weight excluding hydrogens is 254 g/mol. The number of fused-ring (bicyclic) bond motifs is 1. The van der Waals surface area contributed by atoms with Crippen molar-refractivity contribution in [2.75, 3.05) is 0 Å². The molecule has 0 saturated carbocycles. The van der Waals surface area contributed by atoms with E-state index in [9.17, 15) is 9.59 Å². The van der Waals surface area contributed by atoms with Gasteiger partial charge in [-0.05, 0) is 38.5 Å². The van der Waals surface area contributed by atoms with Crippen LogP contribution in [0.25, 0.3) is 11.0 Å². The summed E-state index contributed by atoms with van der Waals surface area (Å²) in [6.07, 6.45) is 2.47. The number of pyridine rings is 2. The maximum atomic E-state index is 12.4. The normalized spacial score (nSPS) is 12.3. The van der Waals surface area contributed by atoms with Gasteiger partial charge in [-0.3, -0.25) is 14.2 Å². The number of rotatable bonds is 4. The molecule has 0 radical (unpaired) electrons. The third-order valence-corrected chi connectivity index (χ3v) is 3.40. The van der Waals surface area contributed by atoms with Crippen LogP contribution in [0.1, 0.15) is 37.6 Å². The van der Waals surface area contributed by atoms with E-state index in [4.69, 9.17) is 0 Å². The molecule has 2 rings (SSSR count). The van der Waals surface area contributed by atoms with Crippen molar-refractivity contribution in [3.05, 3.63) is 40.3 Å². The minimum absolute atomic E-state index is 0.0431. The van der Waals surface area contributed by atoms with Gasteiger partial charge in [-0.1, -0.05) is 6.92 Å². The highest BCUT2D eigenvalue weighted by Crippen LogP contribution is 2.11. The lowest BCUT2D eigenvalue weighted by molar-refractivity contribution is 0.0937. The van der Waals surface area contributed by atoms with Crippen molar-refractivity contribution in [3.8, 4) is 0 Å². The van der Waals surface area contributed by atoms with E-state index in [1.165, 1.54) is 4.57 Å². The lowest BCUT2D eigenvalue weighted by Gasteiger charge is -2.13. The summed E-state index contributed by atoms with van der Waals surface area (Å²) >= 11 is 0. The Morgan fingerprint density at radius 2 is 2.20 bits per heavy atom. The minimum atomic E-state index is -0.322.